The van der Waals surface area contributed by atoms with Crippen LogP contribution in [-0.4, -0.2) is 14.3 Å². The lowest BCUT2D eigenvalue weighted by Gasteiger charge is -2.11. The molecule has 0 aromatic heterocycles. The van der Waals surface area contributed by atoms with Crippen LogP contribution in [0.25, 0.3) is 10.8 Å². The summed E-state index contributed by atoms with van der Waals surface area (Å²) in [5.74, 6) is -0.157. The van der Waals surface area contributed by atoms with Gasteiger partial charge in [0.05, 0.1) is 4.90 Å². The molecule has 0 fully saturated rings. The molecule has 0 bridgehead atoms. The molecule has 0 aliphatic carbocycles. The van der Waals surface area contributed by atoms with Crippen LogP contribution >= 0.6 is 0 Å². The predicted molar refractivity (Wildman–Crippen MR) is 128 cm³/mol. The lowest BCUT2D eigenvalue weighted by Crippen LogP contribution is -2.22. The first-order valence-electron chi connectivity index (χ1n) is 10.3. The third-order valence-corrected chi connectivity index (χ3v) is 6.52. The van der Waals surface area contributed by atoms with Crippen LogP contribution in [-0.2, 0) is 16.6 Å². The molecule has 4 aromatic carbocycles. The number of hydrogen-bond acceptors (Lipinski definition) is 3. The Morgan fingerprint density at radius 3 is 2.16 bits per heavy atom. The smallest absolute Gasteiger partial charge is 0.261 e. The van der Waals surface area contributed by atoms with Gasteiger partial charge in [0.25, 0.3) is 15.9 Å². The molecule has 4 aromatic rings. The zero-order valence-corrected chi connectivity index (χ0v) is 18.7. The topological polar surface area (TPSA) is 75.3 Å². The van der Waals surface area contributed by atoms with E-state index in [-0.39, 0.29) is 10.8 Å². The van der Waals surface area contributed by atoms with Gasteiger partial charge in [0.15, 0.2) is 0 Å². The summed E-state index contributed by atoms with van der Waals surface area (Å²) in [5.41, 5.74) is 3.83. The maximum Gasteiger partial charge on any atom is 0.261 e. The quantitative estimate of drug-likeness (QED) is 0.430. The van der Waals surface area contributed by atoms with E-state index >= 15 is 0 Å². The molecule has 0 saturated carbocycles. The Kier molecular flexibility index (Phi) is 5.97. The minimum absolute atomic E-state index is 0.157. The summed E-state index contributed by atoms with van der Waals surface area (Å²) in [7, 11) is -3.70. The summed E-state index contributed by atoms with van der Waals surface area (Å²) in [6.07, 6.45) is 0. The van der Waals surface area contributed by atoms with E-state index in [0.29, 0.717) is 17.8 Å². The van der Waals surface area contributed by atoms with E-state index in [1.54, 1.807) is 36.4 Å². The highest BCUT2D eigenvalue weighted by Gasteiger charge is 2.15. The van der Waals surface area contributed by atoms with Gasteiger partial charge in [-0.2, -0.15) is 0 Å². The van der Waals surface area contributed by atoms with Crippen LogP contribution in [0.2, 0.25) is 0 Å². The average molecular weight is 445 g/mol. The largest absolute Gasteiger partial charge is 0.348 e. The highest BCUT2D eigenvalue weighted by molar-refractivity contribution is 7.92. The monoisotopic (exact) mass is 444 g/mol. The molecule has 5 nitrogen and oxygen atoms in total. The molecule has 4 rings (SSSR count). The summed E-state index contributed by atoms with van der Waals surface area (Å²) in [6, 6.07) is 25.6. The third-order valence-electron chi connectivity index (χ3n) is 5.16. The molecule has 6 heteroatoms. The molecule has 0 aliphatic rings. The van der Waals surface area contributed by atoms with Crippen molar-refractivity contribution < 1.29 is 13.2 Å². The minimum atomic E-state index is -3.70. The number of benzene rings is 4. The van der Waals surface area contributed by atoms with Crippen LogP contribution in [0, 0.1) is 13.8 Å². The summed E-state index contributed by atoms with van der Waals surface area (Å²) >= 11 is 0. The molecule has 0 heterocycles. The van der Waals surface area contributed by atoms with Crippen LogP contribution in [0.1, 0.15) is 27.0 Å². The van der Waals surface area contributed by atoms with Gasteiger partial charge in [-0.1, -0.05) is 48.5 Å². The van der Waals surface area contributed by atoms with Crippen LogP contribution in [0.4, 0.5) is 5.69 Å². The molecule has 32 heavy (non-hydrogen) atoms. The summed E-state index contributed by atoms with van der Waals surface area (Å²) in [6.45, 7) is 4.20. The molecule has 0 saturated heterocycles. The fourth-order valence-corrected chi connectivity index (χ4v) is 4.87. The summed E-state index contributed by atoms with van der Waals surface area (Å²) < 4.78 is 28.3. The van der Waals surface area contributed by atoms with E-state index in [4.69, 9.17) is 0 Å². The van der Waals surface area contributed by atoms with E-state index in [1.807, 2.05) is 62.4 Å². The fraction of sp³-hybridized carbons (Fsp3) is 0.115. The zero-order chi connectivity index (χ0) is 22.7. The number of nitrogens with one attached hydrogen (secondary N) is 2. The minimum Gasteiger partial charge on any atom is -0.348 e. The maximum atomic E-state index is 12.8. The van der Waals surface area contributed by atoms with Crippen molar-refractivity contribution in [2.75, 3.05) is 4.72 Å². The Labute approximate surface area is 188 Å². The molecule has 0 aliphatic heterocycles. The lowest BCUT2D eigenvalue weighted by atomic mass is 10.1. The van der Waals surface area contributed by atoms with Crippen molar-refractivity contribution in [2.45, 2.75) is 25.3 Å². The number of sulfonamides is 1. The first-order valence-corrected chi connectivity index (χ1v) is 11.8. The molecule has 0 unspecified atom stereocenters. The number of rotatable bonds is 6. The van der Waals surface area contributed by atoms with E-state index in [9.17, 15) is 13.2 Å². The molecule has 1 amide bonds. The number of aryl methyl sites for hydroxylation is 2. The number of hydrogen-bond donors (Lipinski definition) is 2. The van der Waals surface area contributed by atoms with Gasteiger partial charge in [-0.15, -0.1) is 0 Å². The predicted octanol–water partition coefficient (Wildman–Crippen LogP) is 5.19. The third kappa shape index (κ3) is 4.98. The van der Waals surface area contributed by atoms with Gasteiger partial charge >= 0.3 is 0 Å². The van der Waals surface area contributed by atoms with E-state index in [1.165, 1.54) is 0 Å². The Morgan fingerprint density at radius 1 is 0.781 bits per heavy atom. The Balaban J connectivity index is 1.52. The molecule has 0 radical (unpaired) electrons. The van der Waals surface area contributed by atoms with Crippen molar-refractivity contribution in [1.82, 2.24) is 5.32 Å². The van der Waals surface area contributed by atoms with E-state index in [2.05, 4.69) is 10.0 Å². The summed E-state index contributed by atoms with van der Waals surface area (Å²) in [4.78, 5) is 12.8. The van der Waals surface area contributed by atoms with Crippen LogP contribution in [0.3, 0.4) is 0 Å². The van der Waals surface area contributed by atoms with Gasteiger partial charge < -0.3 is 5.32 Å². The van der Waals surface area contributed by atoms with Crippen LogP contribution in [0.5, 0.6) is 0 Å². The summed E-state index contributed by atoms with van der Waals surface area (Å²) in [5, 5.41) is 4.61. The number of amides is 1. The Bertz CT molecular complexity index is 1380. The van der Waals surface area contributed by atoms with Crippen LogP contribution < -0.4 is 10.0 Å². The molecule has 0 atom stereocenters. The van der Waals surface area contributed by atoms with Crippen molar-refractivity contribution in [3.63, 3.8) is 0 Å². The van der Waals surface area contributed by atoms with Crippen LogP contribution in [0.15, 0.2) is 89.8 Å². The van der Waals surface area contributed by atoms with E-state index < -0.39 is 10.0 Å². The van der Waals surface area contributed by atoms with Gasteiger partial charge in [-0.3, -0.25) is 9.52 Å². The zero-order valence-electron chi connectivity index (χ0n) is 17.9. The maximum absolute atomic E-state index is 12.8. The number of carbonyl (C=O) groups is 1. The average Bonchev–Trinajstić information content (AvgIpc) is 2.77. The number of carbonyl (C=O) groups excluding carboxylic acids is 1. The van der Waals surface area contributed by atoms with Crippen molar-refractivity contribution >= 4 is 32.4 Å². The second kappa shape index (κ2) is 8.85. The first kappa shape index (κ1) is 21.6. The normalized spacial score (nSPS) is 11.3. The van der Waals surface area contributed by atoms with Crippen molar-refractivity contribution in [2.24, 2.45) is 0 Å². The number of anilines is 1. The fourth-order valence-electron chi connectivity index (χ4n) is 3.63. The molecule has 2 N–H and O–H groups in total. The second-order valence-corrected chi connectivity index (χ2v) is 9.56. The highest BCUT2D eigenvalue weighted by Crippen LogP contribution is 2.24. The Hall–Kier alpha value is -3.64. The molecular weight excluding hydrogens is 420 g/mol. The molecule has 162 valence electrons. The highest BCUT2D eigenvalue weighted by atomic mass is 32.2. The SMILES string of the molecule is Cc1cc(C)cc(S(=O)(=O)Nc2ccc3cc(C(=O)NCc4ccccc4)ccc3c2)c1. The van der Waals surface area contributed by atoms with Gasteiger partial charge in [0.1, 0.15) is 0 Å². The van der Waals surface area contributed by atoms with E-state index in [0.717, 1.165) is 27.5 Å². The Morgan fingerprint density at radius 2 is 1.44 bits per heavy atom. The van der Waals surface area contributed by atoms with Crippen molar-refractivity contribution in [1.29, 1.82) is 0 Å². The van der Waals surface area contributed by atoms with Crippen molar-refractivity contribution in [3.8, 4) is 0 Å². The number of fused-ring (bicyclic) bond motifs is 1. The molecular formula is C26H24N2O3S. The standard InChI is InChI=1S/C26H24N2O3S/c1-18-12-19(2)14-25(13-18)32(30,31)28-24-11-10-21-15-23(9-8-22(21)16-24)26(29)27-17-20-6-4-3-5-7-20/h3-16,28H,17H2,1-2H3,(H,27,29). The second-order valence-electron chi connectivity index (χ2n) is 7.87. The van der Waals surface area contributed by atoms with Gasteiger partial charge in [0, 0.05) is 17.8 Å². The molecule has 0 spiro atoms. The van der Waals surface area contributed by atoms with Gasteiger partial charge in [-0.25, -0.2) is 8.42 Å². The first-order chi connectivity index (χ1) is 15.3. The van der Waals surface area contributed by atoms with Gasteiger partial charge in [0.2, 0.25) is 0 Å². The van der Waals surface area contributed by atoms with Gasteiger partial charge in [-0.05, 0) is 77.7 Å². The van der Waals surface area contributed by atoms with Crippen molar-refractivity contribution in [3.05, 3.63) is 107 Å². The lowest BCUT2D eigenvalue weighted by molar-refractivity contribution is 0.0951.